The van der Waals surface area contributed by atoms with Crippen molar-refractivity contribution in [3.63, 3.8) is 0 Å². The highest BCUT2D eigenvalue weighted by atomic mass is 32.1. The van der Waals surface area contributed by atoms with Gasteiger partial charge in [0.2, 0.25) is 0 Å². The Hall–Kier alpha value is -1.63. The summed E-state index contributed by atoms with van der Waals surface area (Å²) in [5.74, 6) is 0.0706. The van der Waals surface area contributed by atoms with Crippen LogP contribution in [-0.4, -0.2) is 39.4 Å². The molecular weight excluding hydrogens is 240 g/mol. The quantitative estimate of drug-likeness (QED) is 0.353. The summed E-state index contributed by atoms with van der Waals surface area (Å²) in [7, 11) is 0. The number of nitrogens with zero attached hydrogens (tertiary/aromatic N) is 3. The monoisotopic (exact) mass is 254 g/mol. The van der Waals surface area contributed by atoms with Crippen molar-refractivity contribution in [3.8, 4) is 0 Å². The number of hydrogen-bond donors (Lipinski definition) is 2. The fourth-order valence-electron chi connectivity index (χ4n) is 1.59. The highest BCUT2D eigenvalue weighted by molar-refractivity contribution is 7.07. The molecule has 1 amide bonds. The van der Waals surface area contributed by atoms with E-state index >= 15 is 0 Å². The van der Waals surface area contributed by atoms with Crippen molar-refractivity contribution in [3.05, 3.63) is 16.6 Å². The summed E-state index contributed by atoms with van der Waals surface area (Å²) in [6.07, 6.45) is 2.42. The summed E-state index contributed by atoms with van der Waals surface area (Å²) in [5, 5.41) is 13.1. The summed E-state index contributed by atoms with van der Waals surface area (Å²) < 4.78 is 0. The number of oxime groups is 1. The van der Waals surface area contributed by atoms with E-state index in [9.17, 15) is 4.79 Å². The molecule has 3 N–H and O–H groups in total. The van der Waals surface area contributed by atoms with Crippen LogP contribution in [0.5, 0.6) is 0 Å². The molecular formula is C10H14N4O2S. The van der Waals surface area contributed by atoms with Gasteiger partial charge in [-0.05, 0) is 12.8 Å². The number of hydrogen-bond acceptors (Lipinski definition) is 5. The molecule has 6 nitrogen and oxygen atoms in total. The third-order valence-electron chi connectivity index (χ3n) is 2.64. The molecule has 1 saturated carbocycles. The summed E-state index contributed by atoms with van der Waals surface area (Å²) in [6, 6.07) is 0.288. The van der Waals surface area contributed by atoms with Crippen LogP contribution in [0.1, 0.15) is 29.8 Å². The summed E-state index contributed by atoms with van der Waals surface area (Å²) >= 11 is 1.40. The molecule has 0 aromatic carbocycles. The fourth-order valence-corrected chi connectivity index (χ4v) is 2.11. The van der Waals surface area contributed by atoms with E-state index in [1.807, 2.05) is 0 Å². The topological polar surface area (TPSA) is 91.8 Å². The average Bonchev–Trinajstić information content (AvgIpc) is 3.02. The fraction of sp³-hybridized carbons (Fsp3) is 0.500. The number of thiazole rings is 1. The zero-order chi connectivity index (χ0) is 12.3. The maximum absolute atomic E-state index is 12.1. The second-order valence-electron chi connectivity index (χ2n) is 3.94. The van der Waals surface area contributed by atoms with Crippen molar-refractivity contribution in [2.75, 3.05) is 6.54 Å². The summed E-state index contributed by atoms with van der Waals surface area (Å²) in [6.45, 7) is 0.469. The molecule has 0 aliphatic heterocycles. The van der Waals surface area contributed by atoms with Crippen LogP contribution in [0.25, 0.3) is 0 Å². The Labute approximate surface area is 103 Å². The molecule has 1 aliphatic carbocycles. The van der Waals surface area contributed by atoms with E-state index < -0.39 is 0 Å². The lowest BCUT2D eigenvalue weighted by molar-refractivity contribution is 0.0742. The highest BCUT2D eigenvalue weighted by Gasteiger charge is 2.33. The van der Waals surface area contributed by atoms with Crippen molar-refractivity contribution in [1.29, 1.82) is 0 Å². The number of rotatable bonds is 5. The van der Waals surface area contributed by atoms with Gasteiger partial charge in [-0.3, -0.25) is 4.79 Å². The lowest BCUT2D eigenvalue weighted by Crippen LogP contribution is -2.36. The zero-order valence-electron chi connectivity index (χ0n) is 9.24. The van der Waals surface area contributed by atoms with Crippen LogP contribution >= 0.6 is 11.3 Å². The maximum Gasteiger partial charge on any atom is 0.273 e. The molecule has 0 bridgehead atoms. The first kappa shape index (κ1) is 11.8. The summed E-state index contributed by atoms with van der Waals surface area (Å²) in [4.78, 5) is 17.9. The van der Waals surface area contributed by atoms with E-state index in [0.29, 0.717) is 18.7 Å². The molecule has 1 aliphatic rings. The van der Waals surface area contributed by atoms with Crippen LogP contribution in [0.4, 0.5) is 0 Å². The number of aromatic nitrogens is 1. The lowest BCUT2D eigenvalue weighted by atomic mass is 10.3. The predicted molar refractivity (Wildman–Crippen MR) is 64.2 cm³/mol. The number of amides is 1. The van der Waals surface area contributed by atoms with Gasteiger partial charge < -0.3 is 15.8 Å². The average molecular weight is 254 g/mol. The molecule has 1 aromatic rings. The van der Waals surface area contributed by atoms with Gasteiger partial charge in [-0.15, -0.1) is 11.3 Å². The Bertz CT molecular complexity index is 414. The maximum atomic E-state index is 12.1. The van der Waals surface area contributed by atoms with Crippen LogP contribution in [0.2, 0.25) is 0 Å². The van der Waals surface area contributed by atoms with Crippen LogP contribution in [0, 0.1) is 0 Å². The number of carbonyl (C=O) groups excluding carboxylic acids is 1. The minimum absolute atomic E-state index is 0.0699. The Morgan fingerprint density at radius 3 is 3.00 bits per heavy atom. The Morgan fingerprint density at radius 2 is 2.47 bits per heavy atom. The van der Waals surface area contributed by atoms with Gasteiger partial charge in [-0.25, -0.2) is 4.98 Å². The highest BCUT2D eigenvalue weighted by Crippen LogP contribution is 2.28. The largest absolute Gasteiger partial charge is 0.409 e. The van der Waals surface area contributed by atoms with Gasteiger partial charge in [-0.1, -0.05) is 5.16 Å². The van der Waals surface area contributed by atoms with E-state index in [1.54, 1.807) is 15.8 Å². The first-order valence-corrected chi connectivity index (χ1v) is 6.32. The summed E-state index contributed by atoms with van der Waals surface area (Å²) in [5.41, 5.74) is 7.52. The Kier molecular flexibility index (Phi) is 3.58. The smallest absolute Gasteiger partial charge is 0.273 e. The number of nitrogens with two attached hydrogens (primary N) is 1. The molecule has 1 fully saturated rings. The number of amidine groups is 1. The van der Waals surface area contributed by atoms with E-state index in [0.717, 1.165) is 12.8 Å². The first-order valence-electron chi connectivity index (χ1n) is 5.38. The standard InChI is InChI=1S/C10H14N4O2S/c11-9(13-16)3-4-14(7-1-2-7)10(15)8-5-17-6-12-8/h5-7,16H,1-4H2,(H2,11,13). The van der Waals surface area contributed by atoms with Gasteiger partial charge in [0.25, 0.3) is 5.91 Å². The number of carbonyl (C=O) groups is 1. The van der Waals surface area contributed by atoms with Crippen molar-refractivity contribution in [2.45, 2.75) is 25.3 Å². The van der Waals surface area contributed by atoms with Crippen molar-refractivity contribution in [2.24, 2.45) is 10.9 Å². The molecule has 1 heterocycles. The molecule has 17 heavy (non-hydrogen) atoms. The molecule has 0 unspecified atom stereocenters. The van der Waals surface area contributed by atoms with Crippen LogP contribution in [0.15, 0.2) is 16.0 Å². The van der Waals surface area contributed by atoms with Gasteiger partial charge >= 0.3 is 0 Å². The molecule has 7 heteroatoms. The van der Waals surface area contributed by atoms with Gasteiger partial charge in [-0.2, -0.15) is 0 Å². The van der Waals surface area contributed by atoms with Crippen LogP contribution in [0.3, 0.4) is 0 Å². The van der Waals surface area contributed by atoms with Gasteiger partial charge in [0, 0.05) is 24.4 Å². The van der Waals surface area contributed by atoms with E-state index in [2.05, 4.69) is 10.1 Å². The minimum Gasteiger partial charge on any atom is -0.409 e. The Morgan fingerprint density at radius 1 is 1.71 bits per heavy atom. The van der Waals surface area contributed by atoms with Crippen molar-refractivity contribution in [1.82, 2.24) is 9.88 Å². The second kappa shape index (κ2) is 5.13. The van der Waals surface area contributed by atoms with Crippen molar-refractivity contribution < 1.29 is 10.0 Å². The van der Waals surface area contributed by atoms with Crippen molar-refractivity contribution >= 4 is 23.1 Å². The SMILES string of the molecule is NC(CCN(C(=O)c1cscn1)C1CC1)=NO. The van der Waals surface area contributed by atoms with Crippen LogP contribution < -0.4 is 5.73 Å². The van der Waals surface area contributed by atoms with Gasteiger partial charge in [0.05, 0.1) is 5.51 Å². The molecule has 0 radical (unpaired) electrons. The third-order valence-corrected chi connectivity index (χ3v) is 3.22. The van der Waals surface area contributed by atoms with Crippen LogP contribution in [-0.2, 0) is 0 Å². The normalized spacial score (nSPS) is 15.9. The molecule has 1 aromatic heterocycles. The molecule has 2 rings (SSSR count). The molecule has 0 saturated heterocycles. The molecule has 92 valence electrons. The molecule has 0 spiro atoms. The van der Waals surface area contributed by atoms with Gasteiger partial charge in [0.15, 0.2) is 0 Å². The minimum atomic E-state index is -0.0699. The molecule has 0 atom stereocenters. The van der Waals surface area contributed by atoms with E-state index in [1.165, 1.54) is 11.3 Å². The lowest BCUT2D eigenvalue weighted by Gasteiger charge is -2.20. The van der Waals surface area contributed by atoms with E-state index in [-0.39, 0.29) is 17.8 Å². The second-order valence-corrected chi connectivity index (χ2v) is 4.66. The first-order chi connectivity index (χ1) is 8.22. The third kappa shape index (κ3) is 2.94. The predicted octanol–water partition coefficient (Wildman–Crippen LogP) is 0.884. The Balaban J connectivity index is 2.00. The van der Waals surface area contributed by atoms with E-state index in [4.69, 9.17) is 10.9 Å². The van der Waals surface area contributed by atoms with Gasteiger partial charge in [0.1, 0.15) is 11.5 Å². The zero-order valence-corrected chi connectivity index (χ0v) is 10.1.